The van der Waals surface area contributed by atoms with Crippen molar-refractivity contribution in [1.29, 1.82) is 0 Å². The highest BCUT2D eigenvalue weighted by Gasteiger charge is 2.39. The zero-order valence-corrected chi connectivity index (χ0v) is 19.1. The summed E-state index contributed by atoms with van der Waals surface area (Å²) >= 11 is 1.46. The van der Waals surface area contributed by atoms with E-state index in [1.54, 1.807) is 23.5 Å². The summed E-state index contributed by atoms with van der Waals surface area (Å²) < 4.78 is 30.2. The molecule has 0 saturated carbocycles. The molecule has 9 heteroatoms. The van der Waals surface area contributed by atoms with E-state index in [0.717, 1.165) is 10.5 Å². The maximum Gasteiger partial charge on any atom is 0.270 e. The topological polar surface area (TPSA) is 83.8 Å². The number of carbonyl (C=O) groups excluding carboxylic acids is 1. The van der Waals surface area contributed by atoms with E-state index in [4.69, 9.17) is 0 Å². The first-order chi connectivity index (χ1) is 15.5. The molecule has 4 aromatic rings. The lowest BCUT2D eigenvalue weighted by Gasteiger charge is -2.40. The van der Waals surface area contributed by atoms with Gasteiger partial charge in [0.25, 0.3) is 5.91 Å². The van der Waals surface area contributed by atoms with Gasteiger partial charge in [0, 0.05) is 36.3 Å². The van der Waals surface area contributed by atoms with Crippen molar-refractivity contribution >= 4 is 32.2 Å². The van der Waals surface area contributed by atoms with Gasteiger partial charge >= 0.3 is 0 Å². The van der Waals surface area contributed by atoms with Gasteiger partial charge in [0.2, 0.25) is 10.0 Å². The number of nitrogens with zero attached hydrogens (tertiary/aromatic N) is 3. The number of sulfonamides is 1. The van der Waals surface area contributed by atoms with Crippen LogP contribution < -0.4 is 5.32 Å². The van der Waals surface area contributed by atoms with Crippen molar-refractivity contribution in [2.24, 2.45) is 0 Å². The van der Waals surface area contributed by atoms with E-state index in [-0.39, 0.29) is 23.4 Å². The Kier molecular flexibility index (Phi) is 5.32. The van der Waals surface area contributed by atoms with Gasteiger partial charge in [-0.25, -0.2) is 13.4 Å². The fourth-order valence-corrected chi connectivity index (χ4v) is 6.72. The van der Waals surface area contributed by atoms with Crippen LogP contribution in [0.1, 0.15) is 22.6 Å². The zero-order chi connectivity index (χ0) is 22.3. The number of nitrogens with one attached hydrogen (secondary N) is 1. The molecule has 0 aliphatic carbocycles. The molecular formula is C23H22N4O3S2. The molecule has 1 aliphatic heterocycles. The molecule has 1 saturated heterocycles. The molecular weight excluding hydrogens is 444 g/mol. The molecule has 164 valence electrons. The monoisotopic (exact) mass is 466 g/mol. The average molecular weight is 467 g/mol. The maximum absolute atomic E-state index is 13.5. The van der Waals surface area contributed by atoms with Crippen LogP contribution in [0.25, 0.3) is 16.1 Å². The third-order valence-corrected chi connectivity index (χ3v) is 8.56. The second-order valence-corrected chi connectivity index (χ2v) is 10.5. The normalized spacial score (nSPS) is 16.7. The molecule has 0 unspecified atom stereocenters. The van der Waals surface area contributed by atoms with Gasteiger partial charge in [0.1, 0.15) is 5.69 Å². The third kappa shape index (κ3) is 3.52. The van der Waals surface area contributed by atoms with Gasteiger partial charge in [0.15, 0.2) is 4.96 Å². The van der Waals surface area contributed by atoms with Gasteiger partial charge in [0.05, 0.1) is 10.6 Å². The molecule has 0 bridgehead atoms. The lowest BCUT2D eigenvalue weighted by molar-refractivity contribution is 0.0921. The van der Waals surface area contributed by atoms with Gasteiger partial charge in [-0.3, -0.25) is 9.20 Å². The van der Waals surface area contributed by atoms with E-state index in [0.29, 0.717) is 29.9 Å². The standard InChI is InChI=1S/C23H22N4O3S2/c1-16-21(26-13-14-31-23(26)25-16)22(28)24-15-18-11-12-27(18)32(29,30)20-10-6-5-9-19(20)17-7-3-2-4-8-17/h2-10,13-14,18H,11-12,15H2,1H3,(H,24,28)/t18-/m0/s1. The van der Waals surface area contributed by atoms with Gasteiger partial charge < -0.3 is 5.32 Å². The van der Waals surface area contributed by atoms with Crippen molar-refractivity contribution in [1.82, 2.24) is 19.0 Å². The molecule has 1 N–H and O–H groups in total. The number of carbonyl (C=O) groups is 1. The van der Waals surface area contributed by atoms with Crippen LogP contribution in [0.3, 0.4) is 0 Å². The quantitative estimate of drug-likeness (QED) is 0.471. The first-order valence-electron chi connectivity index (χ1n) is 10.3. The number of fused-ring (bicyclic) bond motifs is 1. The fraction of sp³-hybridized carbons (Fsp3) is 0.217. The van der Waals surface area contributed by atoms with E-state index >= 15 is 0 Å². The van der Waals surface area contributed by atoms with Crippen molar-refractivity contribution < 1.29 is 13.2 Å². The van der Waals surface area contributed by atoms with Crippen molar-refractivity contribution in [3.8, 4) is 11.1 Å². The van der Waals surface area contributed by atoms with Crippen LogP contribution in [-0.4, -0.2) is 47.1 Å². The van der Waals surface area contributed by atoms with Crippen molar-refractivity contribution in [2.75, 3.05) is 13.1 Å². The first kappa shape index (κ1) is 20.9. The van der Waals surface area contributed by atoms with Gasteiger partial charge in [-0.2, -0.15) is 4.31 Å². The Bertz CT molecular complexity index is 1390. The number of benzene rings is 2. The minimum Gasteiger partial charge on any atom is -0.349 e. The van der Waals surface area contributed by atoms with Crippen LogP contribution >= 0.6 is 11.3 Å². The molecule has 1 amide bonds. The first-order valence-corrected chi connectivity index (χ1v) is 12.7. The summed E-state index contributed by atoms with van der Waals surface area (Å²) in [5.41, 5.74) is 2.68. The van der Waals surface area contributed by atoms with Crippen LogP contribution in [0.4, 0.5) is 0 Å². The Morgan fingerprint density at radius 2 is 1.91 bits per heavy atom. The van der Waals surface area contributed by atoms with Gasteiger partial charge in [-0.15, -0.1) is 11.3 Å². The van der Waals surface area contributed by atoms with Crippen molar-refractivity contribution in [2.45, 2.75) is 24.3 Å². The van der Waals surface area contributed by atoms with Crippen molar-refractivity contribution in [3.63, 3.8) is 0 Å². The maximum atomic E-state index is 13.5. The van der Waals surface area contributed by atoms with Crippen LogP contribution in [-0.2, 0) is 10.0 Å². The molecule has 1 fully saturated rings. The SMILES string of the molecule is Cc1nc2sccn2c1C(=O)NC[C@@H]1CCN1S(=O)(=O)c1ccccc1-c1ccccc1. The summed E-state index contributed by atoms with van der Waals surface area (Å²) in [5.74, 6) is -0.248. The molecule has 1 aliphatic rings. The summed E-state index contributed by atoms with van der Waals surface area (Å²) in [6, 6.07) is 16.3. The van der Waals surface area contributed by atoms with Gasteiger partial charge in [-0.05, 0) is 25.0 Å². The summed E-state index contributed by atoms with van der Waals surface area (Å²) in [5, 5.41) is 4.79. The fourth-order valence-electron chi connectivity index (χ4n) is 4.07. The Hall–Kier alpha value is -3.01. The van der Waals surface area contributed by atoms with E-state index in [9.17, 15) is 13.2 Å². The zero-order valence-electron chi connectivity index (χ0n) is 17.4. The van der Waals surface area contributed by atoms with E-state index in [1.165, 1.54) is 15.6 Å². The molecule has 0 spiro atoms. The van der Waals surface area contributed by atoms with E-state index < -0.39 is 10.0 Å². The van der Waals surface area contributed by atoms with Crippen LogP contribution in [0, 0.1) is 6.92 Å². The predicted molar refractivity (Wildman–Crippen MR) is 124 cm³/mol. The highest BCUT2D eigenvalue weighted by molar-refractivity contribution is 7.89. The van der Waals surface area contributed by atoms with E-state index in [1.807, 2.05) is 54.0 Å². The molecule has 2 aromatic carbocycles. The van der Waals surface area contributed by atoms with Crippen LogP contribution in [0.2, 0.25) is 0 Å². The highest BCUT2D eigenvalue weighted by atomic mass is 32.2. The minimum absolute atomic E-state index is 0.248. The predicted octanol–water partition coefficient (Wildman–Crippen LogP) is 3.56. The number of rotatable bonds is 6. The number of hydrogen-bond acceptors (Lipinski definition) is 5. The molecule has 32 heavy (non-hydrogen) atoms. The number of amides is 1. The Morgan fingerprint density at radius 1 is 1.16 bits per heavy atom. The number of aryl methyl sites for hydroxylation is 1. The molecule has 1 atom stereocenters. The van der Waals surface area contributed by atoms with E-state index in [2.05, 4.69) is 10.3 Å². The Labute approximate surface area is 190 Å². The molecule has 3 heterocycles. The molecule has 7 nitrogen and oxygen atoms in total. The lowest BCUT2D eigenvalue weighted by Crippen LogP contribution is -2.55. The summed E-state index contributed by atoms with van der Waals surface area (Å²) in [4.78, 5) is 18.3. The Morgan fingerprint density at radius 3 is 2.66 bits per heavy atom. The number of imidazole rings is 1. The molecule has 2 aromatic heterocycles. The highest BCUT2D eigenvalue weighted by Crippen LogP contribution is 2.33. The van der Waals surface area contributed by atoms with Crippen molar-refractivity contribution in [3.05, 3.63) is 77.6 Å². The molecule has 5 rings (SSSR count). The summed E-state index contributed by atoms with van der Waals surface area (Å²) in [6.45, 7) is 2.49. The Balaban J connectivity index is 1.35. The van der Waals surface area contributed by atoms with Crippen LogP contribution in [0.5, 0.6) is 0 Å². The minimum atomic E-state index is -3.70. The summed E-state index contributed by atoms with van der Waals surface area (Å²) in [7, 11) is -3.70. The largest absolute Gasteiger partial charge is 0.349 e. The number of hydrogen-bond donors (Lipinski definition) is 1. The molecule has 0 radical (unpaired) electrons. The number of thiazole rings is 1. The number of aromatic nitrogens is 2. The third-order valence-electron chi connectivity index (χ3n) is 5.80. The lowest BCUT2D eigenvalue weighted by atomic mass is 10.1. The second kappa shape index (κ2) is 8.16. The van der Waals surface area contributed by atoms with Gasteiger partial charge in [-0.1, -0.05) is 48.5 Å². The smallest absolute Gasteiger partial charge is 0.270 e. The second-order valence-electron chi connectivity index (χ2n) is 7.73. The summed E-state index contributed by atoms with van der Waals surface area (Å²) in [6.07, 6.45) is 2.52. The average Bonchev–Trinajstić information content (AvgIpc) is 3.33. The van der Waals surface area contributed by atoms with Crippen LogP contribution in [0.15, 0.2) is 71.1 Å².